The minimum atomic E-state index is -0.406. The summed E-state index contributed by atoms with van der Waals surface area (Å²) in [7, 11) is 0. The topological polar surface area (TPSA) is 32.8 Å². The summed E-state index contributed by atoms with van der Waals surface area (Å²) in [5.74, 6) is 0.908. The average Bonchev–Trinajstić information content (AvgIpc) is 2.68. The number of benzene rings is 2. The summed E-state index contributed by atoms with van der Waals surface area (Å²) < 4.78 is 6.03. The molecular formula is C22H28N2O2. The Morgan fingerprint density at radius 1 is 1.00 bits per heavy atom. The van der Waals surface area contributed by atoms with E-state index < -0.39 is 6.10 Å². The van der Waals surface area contributed by atoms with E-state index >= 15 is 0 Å². The molecule has 0 N–H and O–H groups in total. The van der Waals surface area contributed by atoms with E-state index in [9.17, 15) is 4.79 Å². The van der Waals surface area contributed by atoms with Crippen LogP contribution in [0.25, 0.3) is 0 Å². The van der Waals surface area contributed by atoms with Crippen molar-refractivity contribution in [3.63, 3.8) is 0 Å². The molecule has 1 fully saturated rings. The van der Waals surface area contributed by atoms with Gasteiger partial charge in [0.2, 0.25) is 0 Å². The number of rotatable bonds is 6. The van der Waals surface area contributed by atoms with E-state index in [0.29, 0.717) is 6.42 Å². The highest BCUT2D eigenvalue weighted by molar-refractivity contribution is 5.81. The van der Waals surface area contributed by atoms with Gasteiger partial charge in [0.15, 0.2) is 6.10 Å². The predicted octanol–water partition coefficient (Wildman–Crippen LogP) is 3.50. The maximum Gasteiger partial charge on any atom is 0.263 e. The number of hydrogen-bond acceptors (Lipinski definition) is 3. The highest BCUT2D eigenvalue weighted by atomic mass is 16.5. The van der Waals surface area contributed by atoms with Gasteiger partial charge >= 0.3 is 0 Å². The summed E-state index contributed by atoms with van der Waals surface area (Å²) in [6, 6.07) is 18.4. The second-order valence-electron chi connectivity index (χ2n) is 6.87. The molecule has 4 nitrogen and oxygen atoms in total. The number of para-hydroxylation sites is 1. The summed E-state index contributed by atoms with van der Waals surface area (Å²) in [6.45, 7) is 8.29. The van der Waals surface area contributed by atoms with Gasteiger partial charge in [-0.2, -0.15) is 0 Å². The van der Waals surface area contributed by atoms with Crippen LogP contribution in [0.1, 0.15) is 24.5 Å². The maximum absolute atomic E-state index is 12.9. The number of aryl methyl sites for hydroxylation is 1. The molecule has 26 heavy (non-hydrogen) atoms. The molecule has 0 saturated carbocycles. The normalized spacial score (nSPS) is 16.3. The zero-order chi connectivity index (χ0) is 18.4. The van der Waals surface area contributed by atoms with Gasteiger partial charge < -0.3 is 9.64 Å². The van der Waals surface area contributed by atoms with Crippen molar-refractivity contribution in [3.05, 3.63) is 65.7 Å². The molecule has 3 rings (SSSR count). The molecule has 1 aliphatic rings. The van der Waals surface area contributed by atoms with Crippen LogP contribution in [0.15, 0.2) is 54.6 Å². The minimum Gasteiger partial charge on any atom is -0.480 e. The van der Waals surface area contributed by atoms with Gasteiger partial charge in [0.05, 0.1) is 0 Å². The van der Waals surface area contributed by atoms with E-state index in [4.69, 9.17) is 4.74 Å². The first-order chi connectivity index (χ1) is 12.7. The highest BCUT2D eigenvalue weighted by Gasteiger charge is 2.28. The van der Waals surface area contributed by atoms with Gasteiger partial charge in [0.1, 0.15) is 5.75 Å². The van der Waals surface area contributed by atoms with E-state index in [1.54, 1.807) is 0 Å². The molecule has 1 aliphatic heterocycles. The Morgan fingerprint density at radius 3 is 2.31 bits per heavy atom. The Labute approximate surface area is 156 Å². The first kappa shape index (κ1) is 18.5. The van der Waals surface area contributed by atoms with E-state index in [-0.39, 0.29) is 5.91 Å². The summed E-state index contributed by atoms with van der Waals surface area (Å²) in [4.78, 5) is 17.2. The molecule has 0 bridgehead atoms. The molecule has 138 valence electrons. The van der Waals surface area contributed by atoms with Crippen LogP contribution in [-0.2, 0) is 11.3 Å². The fourth-order valence-electron chi connectivity index (χ4n) is 3.32. The van der Waals surface area contributed by atoms with Gasteiger partial charge in [-0.05, 0) is 30.5 Å². The third-order valence-electron chi connectivity index (χ3n) is 4.94. The molecule has 2 aromatic carbocycles. The molecule has 0 aromatic heterocycles. The smallest absolute Gasteiger partial charge is 0.263 e. The summed E-state index contributed by atoms with van der Waals surface area (Å²) in [6.07, 6.45) is 0.272. The summed E-state index contributed by atoms with van der Waals surface area (Å²) in [5.41, 5.74) is 2.38. The van der Waals surface area contributed by atoms with Crippen LogP contribution >= 0.6 is 0 Å². The molecule has 2 aromatic rings. The van der Waals surface area contributed by atoms with Crippen LogP contribution in [0.3, 0.4) is 0 Å². The van der Waals surface area contributed by atoms with Crippen LogP contribution in [0.5, 0.6) is 5.75 Å². The Balaban J connectivity index is 1.54. The summed E-state index contributed by atoms with van der Waals surface area (Å²) in [5, 5.41) is 0. The molecule has 0 aliphatic carbocycles. The van der Waals surface area contributed by atoms with Crippen molar-refractivity contribution in [2.24, 2.45) is 0 Å². The molecule has 1 saturated heterocycles. The lowest BCUT2D eigenvalue weighted by molar-refractivity contribution is -0.140. The van der Waals surface area contributed by atoms with Crippen molar-refractivity contribution < 1.29 is 9.53 Å². The molecule has 1 atom stereocenters. The number of carbonyl (C=O) groups excluding carboxylic acids is 1. The van der Waals surface area contributed by atoms with Crippen molar-refractivity contribution in [1.82, 2.24) is 9.80 Å². The van der Waals surface area contributed by atoms with Crippen molar-refractivity contribution in [1.29, 1.82) is 0 Å². The Hall–Kier alpha value is -2.33. The monoisotopic (exact) mass is 352 g/mol. The standard InChI is InChI=1S/C22H28N2O2/c1-3-20(26-21-12-8-7-9-18(21)2)22(25)24-15-13-23(14-16-24)17-19-10-5-4-6-11-19/h4-12,20H,3,13-17H2,1-2H3/t20-/m0/s1. The highest BCUT2D eigenvalue weighted by Crippen LogP contribution is 2.20. The van der Waals surface area contributed by atoms with Gasteiger partial charge in [0, 0.05) is 32.7 Å². The molecule has 0 spiro atoms. The van der Waals surface area contributed by atoms with Crippen LogP contribution in [0.2, 0.25) is 0 Å². The van der Waals surface area contributed by atoms with Crippen LogP contribution in [-0.4, -0.2) is 48.0 Å². The number of ether oxygens (including phenoxy) is 1. The molecular weight excluding hydrogens is 324 g/mol. The van der Waals surface area contributed by atoms with Gasteiger partial charge in [0.25, 0.3) is 5.91 Å². The SMILES string of the molecule is CC[C@H](Oc1ccccc1C)C(=O)N1CCN(Cc2ccccc2)CC1. The number of amides is 1. The van der Waals surface area contributed by atoms with Crippen molar-refractivity contribution in [3.8, 4) is 5.75 Å². The van der Waals surface area contributed by atoms with E-state index in [0.717, 1.165) is 44.0 Å². The molecule has 0 unspecified atom stereocenters. The number of nitrogens with zero attached hydrogens (tertiary/aromatic N) is 2. The lowest BCUT2D eigenvalue weighted by atomic mass is 10.1. The molecule has 4 heteroatoms. The van der Waals surface area contributed by atoms with E-state index in [2.05, 4.69) is 29.2 Å². The first-order valence-corrected chi connectivity index (χ1v) is 9.44. The minimum absolute atomic E-state index is 0.107. The predicted molar refractivity (Wildman–Crippen MR) is 104 cm³/mol. The molecule has 0 radical (unpaired) electrons. The quantitative estimate of drug-likeness (QED) is 0.798. The Kier molecular flexibility index (Phi) is 6.29. The van der Waals surface area contributed by atoms with E-state index in [1.165, 1.54) is 5.56 Å². The third kappa shape index (κ3) is 4.64. The largest absolute Gasteiger partial charge is 0.480 e. The summed E-state index contributed by atoms with van der Waals surface area (Å²) >= 11 is 0. The fraction of sp³-hybridized carbons (Fsp3) is 0.409. The Morgan fingerprint density at radius 2 is 1.65 bits per heavy atom. The molecule has 1 heterocycles. The molecule has 1 amide bonds. The number of hydrogen-bond donors (Lipinski definition) is 0. The van der Waals surface area contributed by atoms with Gasteiger partial charge in [-0.1, -0.05) is 55.5 Å². The van der Waals surface area contributed by atoms with E-state index in [1.807, 2.05) is 49.1 Å². The van der Waals surface area contributed by atoms with Gasteiger partial charge in [-0.25, -0.2) is 0 Å². The Bertz CT molecular complexity index is 709. The van der Waals surface area contributed by atoms with Gasteiger partial charge in [-0.3, -0.25) is 9.69 Å². The number of carbonyl (C=O) groups is 1. The van der Waals surface area contributed by atoms with Crippen molar-refractivity contribution >= 4 is 5.91 Å². The van der Waals surface area contributed by atoms with Crippen molar-refractivity contribution in [2.45, 2.75) is 32.9 Å². The van der Waals surface area contributed by atoms with Gasteiger partial charge in [-0.15, -0.1) is 0 Å². The fourth-order valence-corrected chi connectivity index (χ4v) is 3.32. The third-order valence-corrected chi connectivity index (χ3v) is 4.94. The second kappa shape index (κ2) is 8.86. The maximum atomic E-state index is 12.9. The average molecular weight is 352 g/mol. The van der Waals surface area contributed by atoms with Crippen LogP contribution in [0.4, 0.5) is 0 Å². The second-order valence-corrected chi connectivity index (χ2v) is 6.87. The number of piperazine rings is 1. The van der Waals surface area contributed by atoms with Crippen LogP contribution < -0.4 is 4.74 Å². The van der Waals surface area contributed by atoms with Crippen molar-refractivity contribution in [2.75, 3.05) is 26.2 Å². The lowest BCUT2D eigenvalue weighted by Crippen LogP contribution is -2.52. The first-order valence-electron chi connectivity index (χ1n) is 9.44. The lowest BCUT2D eigenvalue weighted by Gasteiger charge is -2.36. The van der Waals surface area contributed by atoms with Crippen LogP contribution in [0, 0.1) is 6.92 Å². The zero-order valence-electron chi connectivity index (χ0n) is 15.7. The zero-order valence-corrected chi connectivity index (χ0v) is 15.7.